The molecule has 0 amide bonds. The van der Waals surface area contributed by atoms with Crippen molar-refractivity contribution in [2.45, 2.75) is 6.92 Å². The Morgan fingerprint density at radius 2 is 1.86 bits per heavy atom. The molecule has 10 heteroatoms. The fraction of sp³-hybridized carbons (Fsp3) is 0.105. The van der Waals surface area contributed by atoms with Crippen LogP contribution in [0.4, 0.5) is 11.4 Å². The smallest absolute Gasteiger partial charge is 0.280 e. The maximum Gasteiger partial charge on any atom is 0.280 e. The standard InChI is InChI=1S/C19H20N6O3S/c1-13-17(18(26)24(23(13)2)15-6-4-3-5-7-15)12-20-22-19(29)21-14-8-10-16(11-9-14)25(27)28/h3-12,25,27H,1-2H3,(H2,21,22,29)/b20-12+. The molecule has 0 aliphatic heterocycles. The third kappa shape index (κ3) is 4.58. The molecule has 1 aromatic heterocycles. The molecule has 0 spiro atoms. The van der Waals surface area contributed by atoms with E-state index >= 15 is 0 Å². The highest BCUT2D eigenvalue weighted by atomic mass is 32.1. The Hall–Kier alpha value is -3.31. The fourth-order valence-corrected chi connectivity index (χ4v) is 2.92. The van der Waals surface area contributed by atoms with Crippen LogP contribution in [0.3, 0.4) is 0 Å². The second-order valence-electron chi connectivity index (χ2n) is 6.18. The van der Waals surface area contributed by atoms with Crippen molar-refractivity contribution in [2.24, 2.45) is 12.1 Å². The molecule has 0 bridgehead atoms. The van der Waals surface area contributed by atoms with Crippen LogP contribution in [0.2, 0.25) is 0 Å². The van der Waals surface area contributed by atoms with Crippen LogP contribution in [0.5, 0.6) is 0 Å². The van der Waals surface area contributed by atoms with Gasteiger partial charge in [-0.15, -0.1) is 0 Å². The maximum atomic E-state index is 12.8. The van der Waals surface area contributed by atoms with Crippen LogP contribution < -0.4 is 21.5 Å². The minimum Gasteiger partial charge on any atom is -0.595 e. The van der Waals surface area contributed by atoms with Gasteiger partial charge in [-0.2, -0.15) is 10.3 Å². The number of aromatic nitrogens is 2. The molecular formula is C19H20N6O3S. The molecule has 2 aromatic carbocycles. The van der Waals surface area contributed by atoms with Crippen molar-refractivity contribution >= 4 is 34.9 Å². The molecule has 0 aliphatic rings. The van der Waals surface area contributed by atoms with E-state index in [4.69, 9.17) is 17.4 Å². The van der Waals surface area contributed by atoms with Gasteiger partial charge >= 0.3 is 0 Å². The van der Waals surface area contributed by atoms with Crippen LogP contribution in [-0.2, 0) is 7.05 Å². The maximum absolute atomic E-state index is 12.8. The monoisotopic (exact) mass is 412 g/mol. The molecule has 1 atom stereocenters. The molecule has 0 aliphatic carbocycles. The first-order chi connectivity index (χ1) is 13.9. The summed E-state index contributed by atoms with van der Waals surface area (Å²) < 4.78 is 3.33. The number of quaternary nitrogens is 1. The van der Waals surface area contributed by atoms with Crippen LogP contribution in [0.15, 0.2) is 64.5 Å². The van der Waals surface area contributed by atoms with Crippen LogP contribution >= 0.6 is 12.2 Å². The van der Waals surface area contributed by atoms with Gasteiger partial charge in [0.05, 0.1) is 17.5 Å². The third-order valence-electron chi connectivity index (χ3n) is 4.35. The van der Waals surface area contributed by atoms with E-state index in [2.05, 4.69) is 15.8 Å². The van der Waals surface area contributed by atoms with E-state index < -0.39 is 5.23 Å². The topological polar surface area (TPSA) is 111 Å². The van der Waals surface area contributed by atoms with Crippen LogP contribution in [0, 0.1) is 12.1 Å². The number of hydrogen-bond donors (Lipinski definition) is 4. The van der Waals surface area contributed by atoms with Crippen molar-refractivity contribution in [3.63, 3.8) is 0 Å². The van der Waals surface area contributed by atoms with Gasteiger partial charge in [-0.05, 0) is 43.4 Å². The Kier molecular flexibility index (Phi) is 6.20. The summed E-state index contributed by atoms with van der Waals surface area (Å²) in [7, 11) is 1.81. The van der Waals surface area contributed by atoms with Gasteiger partial charge in [0, 0.05) is 30.6 Å². The van der Waals surface area contributed by atoms with E-state index in [-0.39, 0.29) is 16.4 Å². The number of thiocarbonyl (C=S) groups is 1. The van der Waals surface area contributed by atoms with E-state index in [9.17, 15) is 10.0 Å². The lowest BCUT2D eigenvalue weighted by molar-refractivity contribution is -0.991. The lowest BCUT2D eigenvalue weighted by Crippen LogP contribution is -2.99. The fourth-order valence-electron chi connectivity index (χ4n) is 2.75. The minimum absolute atomic E-state index is 0.182. The molecule has 1 heterocycles. The quantitative estimate of drug-likeness (QED) is 0.285. The Balaban J connectivity index is 1.70. The summed E-state index contributed by atoms with van der Waals surface area (Å²) in [4.78, 5) is 12.8. The molecular weight excluding hydrogens is 392 g/mol. The predicted octanol–water partition coefficient (Wildman–Crippen LogP) is 1.21. The first-order valence-corrected chi connectivity index (χ1v) is 9.06. The zero-order chi connectivity index (χ0) is 21.0. The van der Waals surface area contributed by atoms with E-state index in [1.165, 1.54) is 18.3 Å². The van der Waals surface area contributed by atoms with Gasteiger partial charge in [0.25, 0.3) is 5.56 Å². The van der Waals surface area contributed by atoms with Gasteiger partial charge in [-0.1, -0.05) is 18.2 Å². The van der Waals surface area contributed by atoms with E-state index in [1.54, 1.807) is 21.5 Å². The van der Waals surface area contributed by atoms with Gasteiger partial charge in [0.1, 0.15) is 0 Å². The number of nitrogens with zero attached hydrogens (tertiary/aromatic N) is 3. The summed E-state index contributed by atoms with van der Waals surface area (Å²) >= 11 is 5.17. The number of para-hydroxylation sites is 1. The third-order valence-corrected chi connectivity index (χ3v) is 4.54. The van der Waals surface area contributed by atoms with Crippen molar-refractivity contribution in [1.29, 1.82) is 0 Å². The molecule has 0 saturated carbocycles. The molecule has 0 radical (unpaired) electrons. The number of hydrazone groups is 1. The van der Waals surface area contributed by atoms with Crippen molar-refractivity contribution in [2.75, 3.05) is 5.32 Å². The van der Waals surface area contributed by atoms with Gasteiger partial charge < -0.3 is 10.5 Å². The number of hydrogen-bond acceptors (Lipinski definition) is 5. The Labute approximate surface area is 172 Å². The van der Waals surface area contributed by atoms with Crippen LogP contribution in [0.25, 0.3) is 5.69 Å². The highest BCUT2D eigenvalue weighted by Gasteiger charge is 2.14. The minimum atomic E-state index is -0.999. The largest absolute Gasteiger partial charge is 0.595 e. The van der Waals surface area contributed by atoms with E-state index in [1.807, 2.05) is 44.3 Å². The van der Waals surface area contributed by atoms with Gasteiger partial charge in [0.2, 0.25) is 0 Å². The summed E-state index contributed by atoms with van der Waals surface area (Å²) in [5.41, 5.74) is 5.22. The molecule has 150 valence electrons. The van der Waals surface area contributed by atoms with Gasteiger partial charge in [0.15, 0.2) is 10.8 Å². The first kappa shape index (κ1) is 20.4. The Bertz CT molecular complexity index is 1090. The highest BCUT2D eigenvalue weighted by Crippen LogP contribution is 2.10. The predicted molar refractivity (Wildman–Crippen MR) is 115 cm³/mol. The molecule has 1 unspecified atom stereocenters. The van der Waals surface area contributed by atoms with Crippen LogP contribution in [0.1, 0.15) is 11.3 Å². The first-order valence-electron chi connectivity index (χ1n) is 8.66. The van der Waals surface area contributed by atoms with Crippen molar-refractivity contribution in [1.82, 2.24) is 14.8 Å². The normalized spacial score (nSPS) is 12.1. The average molecular weight is 412 g/mol. The summed E-state index contributed by atoms with van der Waals surface area (Å²) in [5, 5.41) is 25.9. The number of rotatable bonds is 5. The average Bonchev–Trinajstić information content (AvgIpc) is 2.92. The number of benzene rings is 2. The zero-order valence-corrected chi connectivity index (χ0v) is 16.6. The lowest BCUT2D eigenvalue weighted by atomic mass is 10.3. The van der Waals surface area contributed by atoms with Gasteiger partial charge in [-0.25, -0.2) is 9.89 Å². The second-order valence-corrected chi connectivity index (χ2v) is 6.59. The Morgan fingerprint density at radius 3 is 2.48 bits per heavy atom. The van der Waals surface area contributed by atoms with Crippen LogP contribution in [-0.4, -0.2) is 25.9 Å². The van der Waals surface area contributed by atoms with E-state index in [0.717, 1.165) is 11.4 Å². The molecule has 9 nitrogen and oxygen atoms in total. The van der Waals surface area contributed by atoms with Crippen molar-refractivity contribution in [3.05, 3.63) is 81.4 Å². The molecule has 0 fully saturated rings. The zero-order valence-electron chi connectivity index (χ0n) is 15.8. The molecule has 4 N–H and O–H groups in total. The number of anilines is 1. The van der Waals surface area contributed by atoms with Crippen molar-refractivity contribution < 1.29 is 10.4 Å². The summed E-state index contributed by atoms with van der Waals surface area (Å²) in [6.45, 7) is 1.84. The summed E-state index contributed by atoms with van der Waals surface area (Å²) in [6, 6.07) is 15.5. The molecule has 3 rings (SSSR count). The van der Waals surface area contributed by atoms with Gasteiger partial charge in [-0.3, -0.25) is 14.9 Å². The second kappa shape index (κ2) is 8.80. The van der Waals surface area contributed by atoms with Crippen molar-refractivity contribution in [3.8, 4) is 5.69 Å². The Morgan fingerprint density at radius 1 is 1.21 bits per heavy atom. The molecule has 29 heavy (non-hydrogen) atoms. The summed E-state index contributed by atoms with van der Waals surface area (Å²) in [5.74, 6) is 0. The van der Waals surface area contributed by atoms with E-state index in [0.29, 0.717) is 11.3 Å². The SMILES string of the molecule is Cc1c(/C=N/NC(=S)Nc2ccc([NH+]([O-])O)cc2)c(=O)n(-c2ccccc2)n1C. The lowest BCUT2D eigenvalue weighted by Gasteiger charge is -2.12. The molecule has 3 aromatic rings. The highest BCUT2D eigenvalue weighted by molar-refractivity contribution is 7.80. The molecule has 0 saturated heterocycles. The summed E-state index contributed by atoms with van der Waals surface area (Å²) in [6.07, 6.45) is 1.43. The number of nitrogens with one attached hydrogen (secondary N) is 3.